The van der Waals surface area contributed by atoms with E-state index in [1.54, 1.807) is 42.7 Å². The highest BCUT2D eigenvalue weighted by Crippen LogP contribution is 2.71. The Kier molecular flexibility index (Phi) is 12.2. The van der Waals surface area contributed by atoms with Gasteiger partial charge in [-0.15, -0.1) is 0 Å². The van der Waals surface area contributed by atoms with Crippen LogP contribution in [0.2, 0.25) is 0 Å². The number of rotatable bonds is 14. The second kappa shape index (κ2) is 11.7. The summed E-state index contributed by atoms with van der Waals surface area (Å²) >= 11 is 8.56. The molecule has 0 atom stereocenters. The van der Waals surface area contributed by atoms with Crippen LogP contribution < -0.4 is 0 Å². The van der Waals surface area contributed by atoms with Crippen LogP contribution >= 0.6 is 27.4 Å². The summed E-state index contributed by atoms with van der Waals surface area (Å²) in [4.78, 5) is 0. The van der Waals surface area contributed by atoms with Crippen LogP contribution in [-0.4, -0.2) is 71.0 Å². The minimum absolute atomic E-state index is 0.468. The standard InChI is InChI=1S/C10H25O7PS3Si2/c1-8-17-18(19,20-9-22(11-2,12-3)13-4)21-10-23(14-5,15-6)16-7/h8H,1,9-10H2,2-7H3. The molecule has 138 valence electrons. The fourth-order valence-electron chi connectivity index (χ4n) is 1.36. The maximum Gasteiger partial charge on any atom is 0.511 e. The third-order valence-corrected chi connectivity index (χ3v) is 20.3. The van der Waals surface area contributed by atoms with E-state index in [9.17, 15) is 0 Å². The molecule has 0 spiro atoms. The molecule has 0 saturated carbocycles. The molecule has 0 aromatic heterocycles. The van der Waals surface area contributed by atoms with E-state index in [1.807, 2.05) is 0 Å². The van der Waals surface area contributed by atoms with E-state index in [4.69, 9.17) is 42.9 Å². The zero-order valence-corrected chi connectivity index (χ0v) is 19.6. The molecule has 0 heterocycles. The predicted octanol–water partition coefficient (Wildman–Crippen LogP) is 2.67. The lowest BCUT2D eigenvalue weighted by atomic mass is 11.2. The quantitative estimate of drug-likeness (QED) is 0.229. The van der Waals surface area contributed by atoms with E-state index in [0.717, 1.165) is 0 Å². The number of hydrogen-bond acceptors (Lipinski definition) is 10. The summed E-state index contributed by atoms with van der Waals surface area (Å²) in [5.41, 5.74) is 0. The van der Waals surface area contributed by atoms with Gasteiger partial charge in [0.2, 0.25) is 4.67 Å². The topological polar surface area (TPSA) is 64.6 Å². The summed E-state index contributed by atoms with van der Waals surface area (Å²) in [6.45, 7) is 3.60. The van der Waals surface area contributed by atoms with Crippen molar-refractivity contribution in [2.24, 2.45) is 0 Å². The van der Waals surface area contributed by atoms with E-state index in [2.05, 4.69) is 6.58 Å². The summed E-state index contributed by atoms with van der Waals surface area (Å²) in [5, 5.41) is 0.937. The first-order valence-corrected chi connectivity index (χ1v) is 16.1. The molecular weight excluding hydrogens is 415 g/mol. The van der Waals surface area contributed by atoms with Crippen LogP contribution in [-0.2, 0) is 42.9 Å². The van der Waals surface area contributed by atoms with Crippen molar-refractivity contribution in [1.29, 1.82) is 0 Å². The lowest BCUT2D eigenvalue weighted by Crippen LogP contribution is -2.46. The third-order valence-electron chi connectivity index (χ3n) is 2.87. The first-order valence-electron chi connectivity index (χ1n) is 6.33. The van der Waals surface area contributed by atoms with Crippen molar-refractivity contribution in [3.05, 3.63) is 12.8 Å². The van der Waals surface area contributed by atoms with E-state index in [0.29, 0.717) is 10.8 Å². The second-order valence-electron chi connectivity index (χ2n) is 3.86. The van der Waals surface area contributed by atoms with E-state index < -0.39 is 22.3 Å². The molecule has 0 amide bonds. The van der Waals surface area contributed by atoms with Gasteiger partial charge in [0.05, 0.1) is 17.0 Å². The van der Waals surface area contributed by atoms with Gasteiger partial charge in [-0.25, -0.2) is 0 Å². The minimum Gasteiger partial charge on any atom is -0.456 e. The molecule has 0 aliphatic heterocycles. The van der Waals surface area contributed by atoms with E-state index >= 15 is 0 Å². The average Bonchev–Trinajstić information content (AvgIpc) is 2.59. The molecule has 0 aliphatic rings. The summed E-state index contributed by atoms with van der Waals surface area (Å²) in [5.74, 6) is 0. The van der Waals surface area contributed by atoms with Crippen LogP contribution in [0.15, 0.2) is 12.8 Å². The highest BCUT2D eigenvalue weighted by Gasteiger charge is 2.43. The van der Waals surface area contributed by atoms with Crippen LogP contribution in [0, 0.1) is 0 Å². The first-order chi connectivity index (χ1) is 10.8. The first kappa shape index (κ1) is 24.1. The lowest BCUT2D eigenvalue weighted by Gasteiger charge is -2.29. The van der Waals surface area contributed by atoms with Crippen LogP contribution in [0.1, 0.15) is 0 Å². The highest BCUT2D eigenvalue weighted by molar-refractivity contribution is 8.99. The van der Waals surface area contributed by atoms with E-state index in [-0.39, 0.29) is 0 Å². The Bertz CT molecular complexity index is 352. The molecule has 13 heteroatoms. The molecule has 0 aromatic carbocycles. The van der Waals surface area contributed by atoms with Crippen molar-refractivity contribution >= 4 is 56.8 Å². The van der Waals surface area contributed by atoms with Gasteiger partial charge in [-0.3, -0.25) is 0 Å². The molecule has 0 aliphatic carbocycles. The van der Waals surface area contributed by atoms with Crippen LogP contribution in [0.4, 0.5) is 0 Å². The minimum atomic E-state index is -2.74. The fourth-order valence-corrected chi connectivity index (χ4v) is 21.3. The monoisotopic (exact) mass is 440 g/mol. The van der Waals surface area contributed by atoms with Crippen molar-refractivity contribution < 1.29 is 31.1 Å². The van der Waals surface area contributed by atoms with Gasteiger partial charge < -0.3 is 31.1 Å². The van der Waals surface area contributed by atoms with Gasteiger partial charge in [-0.1, -0.05) is 29.3 Å². The Morgan fingerprint density at radius 2 is 1.13 bits per heavy atom. The molecule has 0 saturated heterocycles. The Labute approximate surface area is 154 Å². The lowest BCUT2D eigenvalue weighted by molar-refractivity contribution is 0.130. The van der Waals surface area contributed by atoms with Crippen molar-refractivity contribution in [3.8, 4) is 0 Å². The maximum absolute atomic E-state index is 5.68. The molecule has 0 N–H and O–H groups in total. The Morgan fingerprint density at radius 1 is 0.826 bits per heavy atom. The summed E-state index contributed by atoms with van der Waals surface area (Å²) in [6.07, 6.45) is 1.35. The highest BCUT2D eigenvalue weighted by atomic mass is 33.2. The van der Waals surface area contributed by atoms with Gasteiger partial charge in [0.15, 0.2) is 0 Å². The molecular formula is C10H25O7PS3Si2. The predicted molar refractivity (Wildman–Crippen MR) is 104 cm³/mol. The molecule has 0 bridgehead atoms. The molecule has 0 rings (SSSR count). The molecule has 0 unspecified atom stereocenters. The Morgan fingerprint density at radius 3 is 1.35 bits per heavy atom. The van der Waals surface area contributed by atoms with Crippen molar-refractivity contribution in [3.63, 3.8) is 0 Å². The maximum atomic E-state index is 5.68. The average molecular weight is 441 g/mol. The van der Waals surface area contributed by atoms with Crippen LogP contribution in [0.3, 0.4) is 0 Å². The summed E-state index contributed by atoms with van der Waals surface area (Å²) in [6, 6.07) is 0. The van der Waals surface area contributed by atoms with Gasteiger partial charge in [-0.05, 0) is 11.8 Å². The zero-order chi connectivity index (χ0) is 18.0. The smallest absolute Gasteiger partial charge is 0.456 e. The van der Waals surface area contributed by atoms with Gasteiger partial charge in [-0.2, -0.15) is 0 Å². The summed E-state index contributed by atoms with van der Waals surface area (Å²) in [7, 11) is 3.87. The van der Waals surface area contributed by atoms with Gasteiger partial charge in [0.25, 0.3) is 0 Å². The normalized spacial score (nSPS) is 13.1. The molecule has 0 fully saturated rings. The molecule has 7 nitrogen and oxygen atoms in total. The van der Waals surface area contributed by atoms with Crippen molar-refractivity contribution in [2.75, 3.05) is 53.4 Å². The van der Waals surface area contributed by atoms with Gasteiger partial charge in [0, 0.05) is 42.7 Å². The third kappa shape index (κ3) is 7.46. The molecule has 0 radical (unpaired) electrons. The molecule has 0 aromatic rings. The summed E-state index contributed by atoms with van der Waals surface area (Å²) < 4.78 is 35.7. The Hall–Kier alpha value is 1.08. The Balaban J connectivity index is 4.99. The van der Waals surface area contributed by atoms with Crippen LogP contribution in [0.5, 0.6) is 0 Å². The fraction of sp³-hybridized carbons (Fsp3) is 0.800. The zero-order valence-electron chi connectivity index (χ0n) is 14.2. The number of hydrogen-bond donors (Lipinski definition) is 0. The largest absolute Gasteiger partial charge is 0.511 e. The van der Waals surface area contributed by atoms with Crippen molar-refractivity contribution in [1.82, 2.24) is 0 Å². The van der Waals surface area contributed by atoms with Gasteiger partial charge in [0.1, 0.15) is 0 Å². The van der Waals surface area contributed by atoms with Crippen LogP contribution in [0.25, 0.3) is 0 Å². The second-order valence-corrected chi connectivity index (χ2v) is 21.2. The molecule has 23 heavy (non-hydrogen) atoms. The van der Waals surface area contributed by atoms with Crippen molar-refractivity contribution in [2.45, 2.75) is 0 Å². The van der Waals surface area contributed by atoms with E-state index in [1.165, 1.54) is 29.0 Å². The SMILES string of the molecule is C=COP(=S)(SC[Si](OC)(OC)OC)SC[Si](OC)(OC)OC. The van der Waals surface area contributed by atoms with Gasteiger partial charge >= 0.3 is 17.6 Å².